The zero-order valence-corrected chi connectivity index (χ0v) is 17.0. The summed E-state index contributed by atoms with van der Waals surface area (Å²) in [4.78, 5) is 23.7. The number of nitrogens with zero attached hydrogens (tertiary/aromatic N) is 5. The van der Waals surface area contributed by atoms with Gasteiger partial charge in [-0.2, -0.15) is 5.10 Å². The second-order valence-electron chi connectivity index (χ2n) is 7.66. The van der Waals surface area contributed by atoms with E-state index in [4.69, 9.17) is 0 Å². The summed E-state index contributed by atoms with van der Waals surface area (Å²) in [6, 6.07) is 10.2. The van der Waals surface area contributed by atoms with Crippen LogP contribution in [0.3, 0.4) is 0 Å². The van der Waals surface area contributed by atoms with Gasteiger partial charge in [-0.3, -0.25) is 14.5 Å². The van der Waals surface area contributed by atoms with E-state index in [0.29, 0.717) is 35.4 Å². The molecule has 3 aromatic heterocycles. The predicted octanol–water partition coefficient (Wildman–Crippen LogP) is 4.07. The first-order valence-electron chi connectivity index (χ1n) is 9.97. The highest BCUT2D eigenvalue weighted by Gasteiger charge is 2.34. The van der Waals surface area contributed by atoms with Gasteiger partial charge in [-0.05, 0) is 49.7 Å². The third-order valence-corrected chi connectivity index (χ3v) is 5.71. The molecule has 5 rings (SSSR count). The fourth-order valence-corrected chi connectivity index (χ4v) is 4.30. The van der Waals surface area contributed by atoms with Crippen LogP contribution in [-0.4, -0.2) is 37.1 Å². The molecule has 6 nitrogen and oxygen atoms in total. The van der Waals surface area contributed by atoms with Gasteiger partial charge in [-0.15, -0.1) is 0 Å². The number of aromatic nitrogens is 4. The lowest BCUT2D eigenvalue weighted by Gasteiger charge is -2.32. The van der Waals surface area contributed by atoms with Crippen LogP contribution < -0.4 is 0 Å². The van der Waals surface area contributed by atoms with E-state index in [9.17, 15) is 13.6 Å². The summed E-state index contributed by atoms with van der Waals surface area (Å²) < 4.78 is 29.2. The van der Waals surface area contributed by atoms with Crippen LogP contribution >= 0.6 is 0 Å². The van der Waals surface area contributed by atoms with E-state index < -0.39 is 11.6 Å². The molecule has 31 heavy (non-hydrogen) atoms. The third kappa shape index (κ3) is 3.24. The summed E-state index contributed by atoms with van der Waals surface area (Å²) >= 11 is 0. The monoisotopic (exact) mass is 419 g/mol. The minimum absolute atomic E-state index is 0.187. The summed E-state index contributed by atoms with van der Waals surface area (Å²) in [6.45, 7) is 2.36. The summed E-state index contributed by atoms with van der Waals surface area (Å²) in [6.07, 6.45) is 2.21. The molecule has 4 heterocycles. The molecule has 0 fully saturated rings. The van der Waals surface area contributed by atoms with Crippen LogP contribution in [0.5, 0.6) is 0 Å². The predicted molar refractivity (Wildman–Crippen MR) is 111 cm³/mol. The largest absolute Gasteiger partial charge is 0.329 e. The van der Waals surface area contributed by atoms with Crippen LogP contribution in [0.2, 0.25) is 0 Å². The van der Waals surface area contributed by atoms with Crippen LogP contribution in [0.15, 0.2) is 48.7 Å². The number of benzene rings is 1. The van der Waals surface area contributed by atoms with Crippen LogP contribution in [0.4, 0.5) is 8.78 Å². The molecular weight excluding hydrogens is 400 g/mol. The lowest BCUT2D eigenvalue weighted by molar-refractivity contribution is 0.0668. The summed E-state index contributed by atoms with van der Waals surface area (Å²) in [5.74, 6) is -1.46. The first-order valence-corrected chi connectivity index (χ1v) is 9.97. The first-order chi connectivity index (χ1) is 14.9. The maximum absolute atomic E-state index is 13.8. The first kappa shape index (κ1) is 19.3. The van der Waals surface area contributed by atoms with Crippen molar-refractivity contribution in [2.24, 2.45) is 7.05 Å². The number of carbonyl (C=O) groups is 1. The zero-order valence-electron chi connectivity index (χ0n) is 17.0. The number of carbonyl (C=O) groups excluding carboxylic acids is 1. The molecule has 156 valence electrons. The molecular formula is C23H19F2N5O. The maximum atomic E-state index is 13.8. The Morgan fingerprint density at radius 1 is 1.10 bits per heavy atom. The van der Waals surface area contributed by atoms with Crippen molar-refractivity contribution in [2.45, 2.75) is 19.4 Å². The Balaban J connectivity index is 1.50. The molecule has 1 unspecified atom stereocenters. The van der Waals surface area contributed by atoms with E-state index in [1.54, 1.807) is 41.0 Å². The summed E-state index contributed by atoms with van der Waals surface area (Å²) in [5.41, 5.74) is 4.46. The Hall–Kier alpha value is -3.68. The van der Waals surface area contributed by atoms with Gasteiger partial charge >= 0.3 is 0 Å². The molecule has 0 N–H and O–H groups in total. The average Bonchev–Trinajstić information content (AvgIpc) is 3.09. The highest BCUT2D eigenvalue weighted by Crippen LogP contribution is 2.36. The van der Waals surface area contributed by atoms with Crippen molar-refractivity contribution in [3.05, 3.63) is 77.2 Å². The Morgan fingerprint density at radius 2 is 1.87 bits per heavy atom. The van der Waals surface area contributed by atoms with Crippen LogP contribution in [0.1, 0.15) is 34.7 Å². The molecule has 0 radical (unpaired) electrons. The van der Waals surface area contributed by atoms with E-state index in [0.717, 1.165) is 22.8 Å². The second-order valence-corrected chi connectivity index (χ2v) is 7.66. The molecule has 0 saturated heterocycles. The molecule has 8 heteroatoms. The number of hydrogen-bond acceptors (Lipinski definition) is 4. The van der Waals surface area contributed by atoms with Crippen LogP contribution in [-0.2, 0) is 13.5 Å². The van der Waals surface area contributed by atoms with E-state index in [1.165, 1.54) is 12.1 Å². The molecule has 1 amide bonds. The van der Waals surface area contributed by atoms with Crippen molar-refractivity contribution >= 4 is 16.9 Å². The Bertz CT molecular complexity index is 1310. The highest BCUT2D eigenvalue weighted by atomic mass is 19.1. The smallest absolute Gasteiger partial charge is 0.273 e. The minimum atomic E-state index is -0.637. The van der Waals surface area contributed by atoms with Gasteiger partial charge in [0, 0.05) is 37.0 Å². The van der Waals surface area contributed by atoms with Crippen molar-refractivity contribution < 1.29 is 13.6 Å². The molecule has 0 saturated carbocycles. The molecule has 1 aliphatic rings. The molecule has 1 atom stereocenters. The van der Waals surface area contributed by atoms with Crippen molar-refractivity contribution in [3.8, 4) is 11.3 Å². The fourth-order valence-electron chi connectivity index (χ4n) is 4.30. The molecule has 1 aromatic carbocycles. The van der Waals surface area contributed by atoms with Crippen molar-refractivity contribution in [1.29, 1.82) is 0 Å². The van der Waals surface area contributed by atoms with E-state index in [-0.39, 0.29) is 11.9 Å². The zero-order chi connectivity index (χ0) is 21.7. The Kier molecular flexibility index (Phi) is 4.50. The molecule has 0 aliphatic carbocycles. The number of pyridine rings is 2. The number of hydrogen-bond donors (Lipinski definition) is 0. The van der Waals surface area contributed by atoms with Gasteiger partial charge in [0.1, 0.15) is 17.3 Å². The van der Waals surface area contributed by atoms with Gasteiger partial charge in [0.15, 0.2) is 0 Å². The van der Waals surface area contributed by atoms with Crippen molar-refractivity contribution in [2.75, 3.05) is 6.54 Å². The van der Waals surface area contributed by atoms with Gasteiger partial charge in [-0.25, -0.2) is 13.8 Å². The quantitative estimate of drug-likeness (QED) is 0.491. The second kappa shape index (κ2) is 7.23. The third-order valence-electron chi connectivity index (χ3n) is 5.71. The average molecular weight is 419 g/mol. The molecule has 4 aromatic rings. The Labute approximate surface area is 177 Å². The summed E-state index contributed by atoms with van der Waals surface area (Å²) in [7, 11) is 1.74. The lowest BCUT2D eigenvalue weighted by Crippen LogP contribution is -2.39. The number of rotatable bonds is 2. The summed E-state index contributed by atoms with van der Waals surface area (Å²) in [5, 5.41) is 4.59. The Morgan fingerprint density at radius 3 is 2.65 bits per heavy atom. The fraction of sp³-hybridized carbons (Fsp3) is 0.217. The van der Waals surface area contributed by atoms with Gasteiger partial charge in [-0.1, -0.05) is 0 Å². The van der Waals surface area contributed by atoms with Gasteiger partial charge in [0.25, 0.3) is 5.91 Å². The van der Waals surface area contributed by atoms with Crippen molar-refractivity contribution in [1.82, 2.24) is 24.6 Å². The van der Waals surface area contributed by atoms with E-state index in [1.807, 2.05) is 13.0 Å². The van der Waals surface area contributed by atoms with Gasteiger partial charge in [0.2, 0.25) is 0 Å². The van der Waals surface area contributed by atoms with Crippen molar-refractivity contribution in [3.63, 3.8) is 0 Å². The SMILES string of the molecule is CC1c2nn(C)c(-c3cc(F)cc(F)c3)c2CCN1C(=O)c1ccc2ncccc2n1. The van der Waals surface area contributed by atoms with E-state index >= 15 is 0 Å². The topological polar surface area (TPSA) is 63.9 Å². The standard InChI is InChI=1S/C23H19F2N5O/c1-13-21-17(22(29(2)28-21)14-10-15(24)12-16(25)11-14)7-9-30(13)23(31)20-6-5-18-19(27-20)4-3-8-26-18/h3-6,8,10-13H,7,9H2,1-2H3. The van der Waals surface area contributed by atoms with Crippen LogP contribution in [0.25, 0.3) is 22.3 Å². The molecule has 0 spiro atoms. The minimum Gasteiger partial charge on any atom is -0.329 e. The van der Waals surface area contributed by atoms with Gasteiger partial charge in [0.05, 0.1) is 28.5 Å². The lowest BCUT2D eigenvalue weighted by atomic mass is 9.95. The highest BCUT2D eigenvalue weighted by molar-refractivity contribution is 5.95. The normalized spacial score (nSPS) is 15.9. The maximum Gasteiger partial charge on any atom is 0.273 e. The molecule has 1 aliphatic heterocycles. The molecule has 0 bridgehead atoms. The number of fused-ring (bicyclic) bond motifs is 2. The van der Waals surface area contributed by atoms with Crippen LogP contribution in [0, 0.1) is 11.6 Å². The number of amides is 1. The number of aryl methyl sites for hydroxylation is 1. The van der Waals surface area contributed by atoms with E-state index in [2.05, 4.69) is 15.1 Å². The van der Waals surface area contributed by atoms with Gasteiger partial charge < -0.3 is 4.90 Å². The number of halogens is 2.